The van der Waals surface area contributed by atoms with Gasteiger partial charge in [-0.3, -0.25) is 10.1 Å². The van der Waals surface area contributed by atoms with Crippen molar-refractivity contribution in [1.82, 2.24) is 9.78 Å². The molecule has 1 aliphatic carbocycles. The van der Waals surface area contributed by atoms with Gasteiger partial charge in [-0.25, -0.2) is 13.5 Å². The summed E-state index contributed by atoms with van der Waals surface area (Å²) in [5, 5.41) is 14.7. The van der Waals surface area contributed by atoms with E-state index in [2.05, 4.69) is 24.7 Å². The van der Waals surface area contributed by atoms with Gasteiger partial charge < -0.3 is 9.47 Å². The van der Waals surface area contributed by atoms with E-state index >= 15 is 0 Å². The molecule has 2 rings (SSSR count). The molecular weight excluding hydrogens is 316 g/mol. The van der Waals surface area contributed by atoms with Gasteiger partial charge in [0.05, 0.1) is 11.3 Å². The highest BCUT2D eigenvalue weighted by atomic mass is 28.3. The number of alkyl halides is 2. The molecule has 0 radical (unpaired) electrons. The molecule has 1 aromatic heterocycles. The van der Waals surface area contributed by atoms with Gasteiger partial charge in [0.1, 0.15) is 12.9 Å². The van der Waals surface area contributed by atoms with E-state index in [4.69, 9.17) is 9.47 Å². The first-order valence-corrected chi connectivity index (χ1v) is 10.6. The summed E-state index contributed by atoms with van der Waals surface area (Å²) in [6.45, 7) is 7.17. The van der Waals surface area contributed by atoms with Gasteiger partial charge in [-0.2, -0.15) is 0 Å². The minimum atomic E-state index is -2.93. The van der Waals surface area contributed by atoms with Crippen LogP contribution in [0.25, 0.3) is 0 Å². The fraction of sp³-hybridized carbons (Fsp3) is 0.750. The van der Waals surface area contributed by atoms with Crippen LogP contribution >= 0.6 is 0 Å². The van der Waals surface area contributed by atoms with Crippen LogP contribution in [-0.2, 0) is 11.5 Å². The van der Waals surface area contributed by atoms with Crippen molar-refractivity contribution < 1.29 is 23.2 Å². The maximum absolute atomic E-state index is 12.8. The topological polar surface area (TPSA) is 79.4 Å². The lowest BCUT2D eigenvalue weighted by atomic mass is 10.5. The van der Waals surface area contributed by atoms with E-state index in [0.29, 0.717) is 6.61 Å². The summed E-state index contributed by atoms with van der Waals surface area (Å²) in [7, 11) is -1.22. The van der Waals surface area contributed by atoms with Crippen LogP contribution in [0.15, 0.2) is 6.20 Å². The van der Waals surface area contributed by atoms with E-state index in [1.54, 1.807) is 0 Å². The molecule has 0 spiro atoms. The van der Waals surface area contributed by atoms with Gasteiger partial charge in [0, 0.05) is 14.7 Å². The largest absolute Gasteiger partial charge is 0.462 e. The van der Waals surface area contributed by atoms with E-state index in [1.807, 2.05) is 0 Å². The number of hydrogen-bond acceptors (Lipinski definition) is 5. The Bertz CT molecular complexity index is 559. The van der Waals surface area contributed by atoms with E-state index in [0.717, 1.165) is 12.2 Å². The Balaban J connectivity index is 1.93. The fourth-order valence-corrected chi connectivity index (χ4v) is 2.41. The fourth-order valence-electron chi connectivity index (χ4n) is 1.66. The van der Waals surface area contributed by atoms with E-state index in [9.17, 15) is 18.9 Å². The van der Waals surface area contributed by atoms with Crippen molar-refractivity contribution >= 4 is 13.8 Å². The molecule has 10 heteroatoms. The zero-order chi connectivity index (χ0) is 16.5. The smallest absolute Gasteiger partial charge is 0.350 e. The van der Waals surface area contributed by atoms with Crippen molar-refractivity contribution in [1.29, 1.82) is 0 Å². The number of hydrogen-bond donors (Lipinski definition) is 0. The van der Waals surface area contributed by atoms with Crippen LogP contribution in [0.5, 0.6) is 5.88 Å². The molecule has 0 saturated heterocycles. The molecule has 124 valence electrons. The van der Waals surface area contributed by atoms with Gasteiger partial charge in [0.15, 0.2) is 6.10 Å². The zero-order valence-corrected chi connectivity index (χ0v) is 13.7. The van der Waals surface area contributed by atoms with Crippen molar-refractivity contribution in [2.75, 3.05) is 6.61 Å². The molecule has 1 unspecified atom stereocenters. The first kappa shape index (κ1) is 16.8. The van der Waals surface area contributed by atoms with Crippen LogP contribution in [0.1, 0.15) is 6.42 Å². The molecule has 0 aromatic carbocycles. The van der Waals surface area contributed by atoms with Crippen molar-refractivity contribution in [3.63, 3.8) is 0 Å². The van der Waals surface area contributed by atoms with Gasteiger partial charge >= 0.3 is 11.6 Å². The molecule has 1 fully saturated rings. The molecule has 1 atom stereocenters. The van der Waals surface area contributed by atoms with E-state index in [-0.39, 0.29) is 12.6 Å². The van der Waals surface area contributed by atoms with E-state index < -0.39 is 37.1 Å². The third-order valence-corrected chi connectivity index (χ3v) is 4.85. The summed E-state index contributed by atoms with van der Waals surface area (Å²) in [6, 6.07) is 0.952. The van der Waals surface area contributed by atoms with E-state index in [1.165, 1.54) is 4.68 Å². The summed E-state index contributed by atoms with van der Waals surface area (Å²) in [4.78, 5) is 10.2. The first-order valence-electron chi connectivity index (χ1n) is 6.92. The molecule has 0 aliphatic heterocycles. The Morgan fingerprint density at radius 2 is 2.18 bits per heavy atom. The number of ether oxygens (including phenoxy) is 2. The van der Waals surface area contributed by atoms with Crippen LogP contribution in [0.4, 0.5) is 14.5 Å². The van der Waals surface area contributed by atoms with Gasteiger partial charge in [-0.05, 0) is 6.04 Å². The number of rotatable bonds is 8. The highest BCUT2D eigenvalue weighted by Crippen LogP contribution is 2.45. The lowest BCUT2D eigenvalue weighted by Crippen LogP contribution is -2.22. The van der Waals surface area contributed by atoms with Crippen LogP contribution < -0.4 is 4.74 Å². The molecule has 0 amide bonds. The Hall–Kier alpha value is -1.55. The van der Waals surface area contributed by atoms with Crippen molar-refractivity contribution in [3.05, 3.63) is 16.3 Å². The minimum Gasteiger partial charge on any atom is -0.462 e. The van der Waals surface area contributed by atoms with Crippen molar-refractivity contribution in [3.8, 4) is 5.88 Å². The van der Waals surface area contributed by atoms with Gasteiger partial charge in [0.25, 0.3) is 5.92 Å². The number of nitro groups is 1. The Morgan fingerprint density at radius 3 is 2.68 bits per heavy atom. The highest BCUT2D eigenvalue weighted by Gasteiger charge is 2.60. The zero-order valence-electron chi connectivity index (χ0n) is 12.7. The summed E-state index contributed by atoms with van der Waals surface area (Å²) < 4.78 is 37.2. The van der Waals surface area contributed by atoms with Crippen LogP contribution in [-0.4, -0.2) is 41.4 Å². The highest BCUT2D eigenvalue weighted by molar-refractivity contribution is 6.76. The van der Waals surface area contributed by atoms with Gasteiger partial charge in [0.2, 0.25) is 0 Å². The third-order valence-electron chi connectivity index (χ3n) is 3.15. The lowest BCUT2D eigenvalue weighted by molar-refractivity contribution is -0.386. The Labute approximate surface area is 127 Å². The predicted octanol–water partition coefficient (Wildman–Crippen LogP) is 2.89. The number of aromatic nitrogens is 2. The Morgan fingerprint density at radius 1 is 1.55 bits per heavy atom. The molecule has 1 aliphatic rings. The molecule has 0 N–H and O–H groups in total. The standard InChI is InChI=1S/C12H19F2N3O4Si/c1-22(2,3)5-4-20-8-16-7-9(17(18)19)11(15-16)21-10-6-12(10,13)14/h7,10H,4-6,8H2,1-3H3. The van der Waals surface area contributed by atoms with Crippen LogP contribution in [0.2, 0.25) is 25.7 Å². The second-order valence-corrected chi connectivity index (χ2v) is 12.2. The quantitative estimate of drug-likeness (QED) is 0.316. The summed E-state index contributed by atoms with van der Waals surface area (Å²) in [5.74, 6) is -3.31. The maximum atomic E-state index is 12.8. The van der Waals surface area contributed by atoms with Crippen molar-refractivity contribution in [2.45, 2.75) is 50.9 Å². The monoisotopic (exact) mass is 335 g/mol. The Kier molecular flexibility index (Phi) is 4.52. The summed E-state index contributed by atoms with van der Waals surface area (Å²) in [5.41, 5.74) is -0.434. The van der Waals surface area contributed by atoms with Crippen LogP contribution in [0, 0.1) is 10.1 Å². The third kappa shape index (κ3) is 4.47. The minimum absolute atomic E-state index is 0.0236. The average Bonchev–Trinajstić information content (AvgIpc) is 2.80. The molecule has 1 aromatic rings. The molecule has 1 saturated carbocycles. The molecule has 1 heterocycles. The SMILES string of the molecule is C[Si](C)(C)CCOCn1cc([N+](=O)[O-])c(OC2CC2(F)F)n1. The normalized spacial score (nSPS) is 20.0. The summed E-state index contributed by atoms with van der Waals surface area (Å²) in [6.07, 6.45) is -0.643. The summed E-state index contributed by atoms with van der Waals surface area (Å²) >= 11 is 0. The second-order valence-electron chi connectivity index (χ2n) is 6.54. The van der Waals surface area contributed by atoms with Gasteiger partial charge in [-0.1, -0.05) is 19.6 Å². The molecule has 0 bridgehead atoms. The van der Waals surface area contributed by atoms with Crippen LogP contribution in [0.3, 0.4) is 0 Å². The number of halogens is 2. The predicted molar refractivity (Wildman–Crippen MR) is 77.0 cm³/mol. The second kappa shape index (κ2) is 5.92. The van der Waals surface area contributed by atoms with Crippen molar-refractivity contribution in [2.24, 2.45) is 0 Å². The number of nitrogens with zero attached hydrogens (tertiary/aromatic N) is 3. The molecule has 7 nitrogen and oxygen atoms in total. The first-order chi connectivity index (χ1) is 10.1. The molecule has 22 heavy (non-hydrogen) atoms. The maximum Gasteiger partial charge on any atom is 0.350 e. The average molecular weight is 335 g/mol. The lowest BCUT2D eigenvalue weighted by Gasteiger charge is -2.15. The molecular formula is C12H19F2N3O4Si. The van der Waals surface area contributed by atoms with Gasteiger partial charge in [-0.15, -0.1) is 5.10 Å².